The lowest BCUT2D eigenvalue weighted by molar-refractivity contribution is -0.115. The molecule has 3 N–H and O–H groups in total. The molecule has 148 valence electrons. The predicted octanol–water partition coefficient (Wildman–Crippen LogP) is 3.24. The normalized spacial score (nSPS) is 11.5. The number of aromatic amines is 1. The van der Waals surface area contributed by atoms with Crippen LogP contribution >= 0.6 is 11.3 Å². The van der Waals surface area contributed by atoms with Gasteiger partial charge >= 0.3 is 0 Å². The molecule has 1 amide bonds. The summed E-state index contributed by atoms with van der Waals surface area (Å²) in [6.07, 6.45) is 4.75. The fourth-order valence-electron chi connectivity index (χ4n) is 2.93. The standard InChI is InChI=1S/C19H17N5O3S2/c1-29(26,27)24-13-5-2-4-12(8-13)9-17(25)23-19-22-16(11-28-19)15-10-21-18-14(15)6-3-7-20-18/h2-8,10-11,24H,9H2,1H3,(H,20,21)(H,22,23,25). The van der Waals surface area contributed by atoms with E-state index in [-0.39, 0.29) is 12.3 Å². The number of carbonyl (C=O) groups excluding carboxylic acids is 1. The molecule has 0 aliphatic rings. The minimum absolute atomic E-state index is 0.102. The maximum Gasteiger partial charge on any atom is 0.230 e. The van der Waals surface area contributed by atoms with E-state index in [9.17, 15) is 13.2 Å². The first-order valence-corrected chi connectivity index (χ1v) is 11.4. The number of pyridine rings is 1. The van der Waals surface area contributed by atoms with Crippen LogP contribution in [0.4, 0.5) is 10.8 Å². The molecule has 0 atom stereocenters. The highest BCUT2D eigenvalue weighted by molar-refractivity contribution is 7.92. The lowest BCUT2D eigenvalue weighted by Gasteiger charge is -2.06. The Labute approximate surface area is 171 Å². The number of rotatable bonds is 6. The first-order valence-electron chi connectivity index (χ1n) is 8.62. The molecule has 0 saturated carbocycles. The Morgan fingerprint density at radius 3 is 2.93 bits per heavy atom. The van der Waals surface area contributed by atoms with Crippen LogP contribution in [0.3, 0.4) is 0 Å². The summed E-state index contributed by atoms with van der Waals surface area (Å²) in [5.74, 6) is -0.233. The van der Waals surface area contributed by atoms with Crippen molar-refractivity contribution in [2.75, 3.05) is 16.3 Å². The molecule has 4 aromatic rings. The number of thiazole rings is 1. The van der Waals surface area contributed by atoms with Gasteiger partial charge in [-0.2, -0.15) is 0 Å². The van der Waals surface area contributed by atoms with E-state index in [4.69, 9.17) is 0 Å². The molecule has 0 spiro atoms. The van der Waals surface area contributed by atoms with E-state index in [1.807, 2.05) is 23.7 Å². The Bertz CT molecular complexity index is 1290. The van der Waals surface area contributed by atoms with Crippen LogP contribution in [-0.2, 0) is 21.2 Å². The number of fused-ring (bicyclic) bond motifs is 1. The van der Waals surface area contributed by atoms with Crippen molar-refractivity contribution in [2.45, 2.75) is 6.42 Å². The number of amides is 1. The summed E-state index contributed by atoms with van der Waals surface area (Å²) >= 11 is 1.34. The zero-order valence-corrected chi connectivity index (χ0v) is 17.0. The van der Waals surface area contributed by atoms with Gasteiger partial charge in [-0.05, 0) is 29.8 Å². The van der Waals surface area contributed by atoms with Crippen LogP contribution in [0.25, 0.3) is 22.3 Å². The quantitative estimate of drug-likeness (QED) is 0.437. The number of H-pyrrole nitrogens is 1. The zero-order valence-electron chi connectivity index (χ0n) is 15.3. The van der Waals surface area contributed by atoms with Crippen LogP contribution in [0.15, 0.2) is 54.2 Å². The Morgan fingerprint density at radius 2 is 2.10 bits per heavy atom. The Morgan fingerprint density at radius 1 is 1.24 bits per heavy atom. The van der Waals surface area contributed by atoms with Gasteiger partial charge in [-0.25, -0.2) is 18.4 Å². The van der Waals surface area contributed by atoms with Gasteiger partial charge < -0.3 is 10.3 Å². The summed E-state index contributed by atoms with van der Waals surface area (Å²) in [5, 5.41) is 6.13. The lowest BCUT2D eigenvalue weighted by Crippen LogP contribution is -2.15. The molecule has 8 nitrogen and oxygen atoms in total. The van der Waals surface area contributed by atoms with Crippen molar-refractivity contribution >= 4 is 49.1 Å². The first-order chi connectivity index (χ1) is 13.9. The van der Waals surface area contributed by atoms with E-state index >= 15 is 0 Å². The van der Waals surface area contributed by atoms with E-state index in [0.29, 0.717) is 16.4 Å². The second kappa shape index (κ2) is 7.64. The van der Waals surface area contributed by atoms with Crippen LogP contribution in [0.1, 0.15) is 5.56 Å². The van der Waals surface area contributed by atoms with Gasteiger partial charge in [0.15, 0.2) is 5.13 Å². The van der Waals surface area contributed by atoms with Crippen molar-refractivity contribution in [1.82, 2.24) is 15.0 Å². The van der Waals surface area contributed by atoms with Gasteiger partial charge in [0.25, 0.3) is 0 Å². The van der Waals surface area contributed by atoms with Gasteiger partial charge in [0.2, 0.25) is 15.9 Å². The van der Waals surface area contributed by atoms with Crippen molar-refractivity contribution < 1.29 is 13.2 Å². The molecule has 1 aromatic carbocycles. The van der Waals surface area contributed by atoms with Crippen LogP contribution < -0.4 is 10.0 Å². The summed E-state index contributed by atoms with van der Waals surface area (Å²) < 4.78 is 25.1. The summed E-state index contributed by atoms with van der Waals surface area (Å²) in [6.45, 7) is 0. The second-order valence-electron chi connectivity index (χ2n) is 6.44. The molecule has 0 aliphatic carbocycles. The summed E-state index contributed by atoms with van der Waals surface area (Å²) in [5.41, 5.74) is 3.56. The van der Waals surface area contributed by atoms with Crippen molar-refractivity contribution in [3.63, 3.8) is 0 Å². The molecule has 0 bridgehead atoms. The third-order valence-corrected chi connectivity index (χ3v) is 5.44. The van der Waals surface area contributed by atoms with Crippen LogP contribution in [0.5, 0.6) is 0 Å². The number of hydrogen-bond acceptors (Lipinski definition) is 6. The number of benzene rings is 1. The average molecular weight is 428 g/mol. The second-order valence-corrected chi connectivity index (χ2v) is 9.05. The monoisotopic (exact) mass is 427 g/mol. The van der Waals surface area contributed by atoms with Gasteiger partial charge in [0.05, 0.1) is 18.4 Å². The molecule has 3 heterocycles. The van der Waals surface area contributed by atoms with Gasteiger partial charge in [-0.3, -0.25) is 9.52 Å². The molecular formula is C19H17N5O3S2. The molecule has 10 heteroatoms. The number of nitrogens with one attached hydrogen (secondary N) is 3. The van der Waals surface area contributed by atoms with Gasteiger partial charge in [0, 0.05) is 34.4 Å². The topological polar surface area (TPSA) is 117 Å². The van der Waals surface area contributed by atoms with Crippen molar-refractivity contribution in [3.8, 4) is 11.3 Å². The molecule has 3 aromatic heterocycles. The Kier molecular flexibility index (Phi) is 5.03. The minimum atomic E-state index is -3.37. The Hall–Kier alpha value is -3.24. The van der Waals surface area contributed by atoms with Crippen LogP contribution in [0.2, 0.25) is 0 Å². The van der Waals surface area contributed by atoms with Crippen LogP contribution in [-0.4, -0.2) is 35.5 Å². The van der Waals surface area contributed by atoms with Gasteiger partial charge in [-0.15, -0.1) is 11.3 Å². The van der Waals surface area contributed by atoms with Gasteiger partial charge in [0.1, 0.15) is 5.65 Å². The third-order valence-electron chi connectivity index (χ3n) is 4.07. The maximum absolute atomic E-state index is 12.4. The average Bonchev–Trinajstić information content (AvgIpc) is 3.27. The van der Waals surface area contributed by atoms with E-state index in [2.05, 4.69) is 25.0 Å². The molecule has 0 aliphatic heterocycles. The zero-order chi connectivity index (χ0) is 20.4. The molecule has 0 radical (unpaired) electrons. The number of hydrogen-bond donors (Lipinski definition) is 3. The van der Waals surface area contributed by atoms with E-state index in [1.54, 1.807) is 30.5 Å². The smallest absolute Gasteiger partial charge is 0.230 e. The number of nitrogens with zero attached hydrogens (tertiary/aromatic N) is 2. The summed E-state index contributed by atoms with van der Waals surface area (Å²) in [4.78, 5) is 24.3. The number of sulfonamides is 1. The van der Waals surface area contributed by atoms with E-state index < -0.39 is 10.0 Å². The van der Waals surface area contributed by atoms with Gasteiger partial charge in [-0.1, -0.05) is 12.1 Å². The van der Waals surface area contributed by atoms with Crippen molar-refractivity contribution in [2.24, 2.45) is 0 Å². The number of carbonyl (C=O) groups is 1. The highest BCUT2D eigenvalue weighted by Gasteiger charge is 2.13. The highest BCUT2D eigenvalue weighted by atomic mass is 32.2. The lowest BCUT2D eigenvalue weighted by atomic mass is 10.1. The summed E-state index contributed by atoms with van der Waals surface area (Å²) in [7, 11) is -3.37. The highest BCUT2D eigenvalue weighted by Crippen LogP contribution is 2.30. The van der Waals surface area contributed by atoms with Crippen LogP contribution in [0, 0.1) is 0 Å². The minimum Gasteiger partial charge on any atom is -0.345 e. The number of anilines is 2. The molecule has 4 rings (SSSR count). The summed E-state index contributed by atoms with van der Waals surface area (Å²) in [6, 6.07) is 10.5. The fourth-order valence-corrected chi connectivity index (χ4v) is 4.21. The molecule has 0 fully saturated rings. The molecule has 0 saturated heterocycles. The fraction of sp³-hybridized carbons (Fsp3) is 0.105. The predicted molar refractivity (Wildman–Crippen MR) is 114 cm³/mol. The van der Waals surface area contributed by atoms with E-state index in [0.717, 1.165) is 28.5 Å². The molecule has 0 unspecified atom stereocenters. The SMILES string of the molecule is CS(=O)(=O)Nc1cccc(CC(=O)Nc2nc(-c3c[nH]c4ncccc34)cs2)c1. The number of aromatic nitrogens is 3. The molecule has 29 heavy (non-hydrogen) atoms. The molecular weight excluding hydrogens is 410 g/mol. The third kappa shape index (κ3) is 4.61. The van der Waals surface area contributed by atoms with Crippen molar-refractivity contribution in [3.05, 3.63) is 59.7 Å². The maximum atomic E-state index is 12.4. The van der Waals surface area contributed by atoms with E-state index in [1.165, 1.54) is 11.3 Å². The Balaban J connectivity index is 1.45. The largest absolute Gasteiger partial charge is 0.345 e. The first kappa shape index (κ1) is 19.1. The van der Waals surface area contributed by atoms with Crippen molar-refractivity contribution in [1.29, 1.82) is 0 Å².